The summed E-state index contributed by atoms with van der Waals surface area (Å²) in [6, 6.07) is 19.1. The van der Waals surface area contributed by atoms with Gasteiger partial charge in [-0.1, -0.05) is 23.2 Å². The quantitative estimate of drug-likeness (QED) is 0.396. The predicted octanol–water partition coefficient (Wildman–Crippen LogP) is 6.87. The van der Waals surface area contributed by atoms with Crippen molar-refractivity contribution in [1.29, 1.82) is 0 Å². The maximum Gasteiger partial charge on any atom is 0.124 e. The van der Waals surface area contributed by atoms with Crippen molar-refractivity contribution >= 4 is 46.5 Å². The van der Waals surface area contributed by atoms with Gasteiger partial charge < -0.3 is 5.11 Å². The minimum absolute atomic E-state index is 0.114. The second-order valence-corrected chi connectivity index (χ2v) is 6.03. The fraction of sp³-hybridized carbons (Fsp3) is 0. The highest BCUT2D eigenvalue weighted by Gasteiger charge is 2.01. The van der Waals surface area contributed by atoms with Crippen LogP contribution in [0.15, 0.2) is 82.0 Å². The van der Waals surface area contributed by atoms with Gasteiger partial charge in [-0.3, -0.25) is 4.99 Å². The first kappa shape index (κ1) is 17.1. The van der Waals surface area contributed by atoms with Crippen molar-refractivity contribution in [2.24, 2.45) is 15.2 Å². The van der Waals surface area contributed by atoms with Crippen molar-refractivity contribution in [3.8, 4) is 5.75 Å². The van der Waals surface area contributed by atoms with Crippen LogP contribution in [0.2, 0.25) is 10.0 Å². The van der Waals surface area contributed by atoms with E-state index >= 15 is 0 Å². The summed E-state index contributed by atoms with van der Waals surface area (Å²) in [7, 11) is 0. The van der Waals surface area contributed by atoms with E-state index in [4.69, 9.17) is 23.2 Å². The van der Waals surface area contributed by atoms with E-state index in [9.17, 15) is 5.11 Å². The summed E-state index contributed by atoms with van der Waals surface area (Å²) in [6.45, 7) is 0. The van der Waals surface area contributed by atoms with Gasteiger partial charge in [0.15, 0.2) is 0 Å². The van der Waals surface area contributed by atoms with E-state index in [1.165, 1.54) is 0 Å². The van der Waals surface area contributed by atoms with Crippen molar-refractivity contribution in [1.82, 2.24) is 0 Å². The summed E-state index contributed by atoms with van der Waals surface area (Å²) >= 11 is 11.7. The highest BCUT2D eigenvalue weighted by atomic mass is 35.5. The molecule has 124 valence electrons. The van der Waals surface area contributed by atoms with E-state index in [-0.39, 0.29) is 5.75 Å². The summed E-state index contributed by atoms with van der Waals surface area (Å²) < 4.78 is 0. The van der Waals surface area contributed by atoms with Crippen molar-refractivity contribution in [2.75, 3.05) is 0 Å². The van der Waals surface area contributed by atoms with E-state index in [1.54, 1.807) is 72.9 Å². The third-order valence-electron chi connectivity index (χ3n) is 3.30. The van der Waals surface area contributed by atoms with E-state index in [2.05, 4.69) is 15.2 Å². The number of halogens is 2. The van der Waals surface area contributed by atoms with E-state index in [0.29, 0.717) is 27.0 Å². The summed E-state index contributed by atoms with van der Waals surface area (Å²) in [5.74, 6) is 0.114. The van der Waals surface area contributed by atoms with Gasteiger partial charge in [-0.2, -0.15) is 10.2 Å². The molecule has 3 rings (SSSR count). The number of phenols is 1. The van der Waals surface area contributed by atoms with Gasteiger partial charge in [0, 0.05) is 21.8 Å². The number of benzene rings is 3. The molecule has 0 fully saturated rings. The van der Waals surface area contributed by atoms with Gasteiger partial charge in [0.2, 0.25) is 0 Å². The Morgan fingerprint density at radius 2 is 1.20 bits per heavy atom. The topological polar surface area (TPSA) is 57.3 Å². The monoisotopic (exact) mass is 369 g/mol. The number of hydrogen-bond acceptors (Lipinski definition) is 4. The zero-order valence-electron chi connectivity index (χ0n) is 13.0. The fourth-order valence-corrected chi connectivity index (χ4v) is 2.25. The van der Waals surface area contributed by atoms with Crippen molar-refractivity contribution < 1.29 is 5.11 Å². The Labute approximate surface area is 155 Å². The van der Waals surface area contributed by atoms with Gasteiger partial charge in [0.1, 0.15) is 5.75 Å². The molecular weight excluding hydrogens is 357 g/mol. The first-order chi connectivity index (χ1) is 12.1. The van der Waals surface area contributed by atoms with E-state index < -0.39 is 0 Å². The molecule has 0 saturated carbocycles. The van der Waals surface area contributed by atoms with Crippen molar-refractivity contribution in [3.63, 3.8) is 0 Å². The SMILES string of the molecule is Oc1ccc(N=Nc2ccc(Cl)cc2)cc1C=Nc1ccc(Cl)cc1. The molecule has 1 N–H and O–H groups in total. The molecule has 0 atom stereocenters. The lowest BCUT2D eigenvalue weighted by Crippen LogP contribution is -1.82. The Kier molecular flexibility index (Phi) is 5.43. The lowest BCUT2D eigenvalue weighted by Gasteiger charge is -2.00. The van der Waals surface area contributed by atoms with Crippen LogP contribution < -0.4 is 0 Å². The van der Waals surface area contributed by atoms with Gasteiger partial charge in [-0.05, 0) is 66.7 Å². The molecule has 25 heavy (non-hydrogen) atoms. The van der Waals surface area contributed by atoms with E-state index in [0.717, 1.165) is 5.69 Å². The number of aliphatic imine (C=N–C) groups is 1. The van der Waals surface area contributed by atoms with Gasteiger partial charge in [-0.25, -0.2) is 0 Å². The maximum absolute atomic E-state index is 9.97. The Hall–Kier alpha value is -2.69. The van der Waals surface area contributed by atoms with Crippen LogP contribution in [0.3, 0.4) is 0 Å². The maximum atomic E-state index is 9.97. The minimum atomic E-state index is 0.114. The number of rotatable bonds is 4. The van der Waals surface area contributed by atoms with Crippen LogP contribution in [0, 0.1) is 0 Å². The smallest absolute Gasteiger partial charge is 0.124 e. The number of azo groups is 1. The van der Waals surface area contributed by atoms with Crippen molar-refractivity contribution in [3.05, 3.63) is 82.3 Å². The Balaban J connectivity index is 1.80. The molecule has 0 radical (unpaired) electrons. The molecule has 0 aliphatic rings. The molecule has 3 aromatic rings. The molecule has 0 aliphatic heterocycles. The molecule has 0 amide bonds. The molecule has 6 heteroatoms. The first-order valence-corrected chi connectivity index (χ1v) is 8.16. The fourth-order valence-electron chi connectivity index (χ4n) is 2.00. The van der Waals surface area contributed by atoms with Gasteiger partial charge in [-0.15, -0.1) is 0 Å². The largest absolute Gasteiger partial charge is 0.507 e. The highest BCUT2D eigenvalue weighted by molar-refractivity contribution is 6.30. The minimum Gasteiger partial charge on any atom is -0.507 e. The zero-order valence-corrected chi connectivity index (χ0v) is 14.5. The van der Waals surface area contributed by atoms with Crippen LogP contribution in [0.25, 0.3) is 0 Å². The molecular formula is C19H13Cl2N3O. The van der Waals surface area contributed by atoms with Gasteiger partial charge in [0.05, 0.1) is 17.1 Å². The molecule has 0 aromatic heterocycles. The second kappa shape index (κ2) is 7.92. The average Bonchev–Trinajstić information content (AvgIpc) is 2.62. The lowest BCUT2D eigenvalue weighted by molar-refractivity contribution is 0.474. The molecule has 4 nitrogen and oxygen atoms in total. The molecule has 0 saturated heterocycles. The summed E-state index contributed by atoms with van der Waals surface area (Å²) in [6.07, 6.45) is 1.57. The molecule has 0 spiro atoms. The number of nitrogens with zero attached hydrogens (tertiary/aromatic N) is 3. The molecule has 0 heterocycles. The zero-order chi connectivity index (χ0) is 17.6. The molecule has 0 unspecified atom stereocenters. The Morgan fingerprint density at radius 1 is 0.680 bits per heavy atom. The number of hydrogen-bond donors (Lipinski definition) is 1. The van der Waals surface area contributed by atoms with Crippen LogP contribution in [-0.2, 0) is 0 Å². The Bertz CT molecular complexity index is 920. The normalized spacial score (nSPS) is 11.4. The van der Waals surface area contributed by atoms with Gasteiger partial charge >= 0.3 is 0 Å². The number of aromatic hydroxyl groups is 1. The second-order valence-electron chi connectivity index (χ2n) is 5.15. The average molecular weight is 370 g/mol. The van der Waals surface area contributed by atoms with E-state index in [1.807, 2.05) is 0 Å². The third-order valence-corrected chi connectivity index (χ3v) is 3.80. The highest BCUT2D eigenvalue weighted by Crippen LogP contribution is 2.25. The van der Waals surface area contributed by atoms with Crippen LogP contribution in [0.5, 0.6) is 5.75 Å². The molecule has 3 aromatic carbocycles. The van der Waals surface area contributed by atoms with Gasteiger partial charge in [0.25, 0.3) is 0 Å². The third kappa shape index (κ3) is 4.89. The first-order valence-electron chi connectivity index (χ1n) is 7.40. The summed E-state index contributed by atoms with van der Waals surface area (Å²) in [5.41, 5.74) is 2.57. The lowest BCUT2D eigenvalue weighted by atomic mass is 10.2. The van der Waals surface area contributed by atoms with Crippen LogP contribution >= 0.6 is 23.2 Å². The molecule has 0 bridgehead atoms. The van der Waals surface area contributed by atoms with Crippen LogP contribution in [-0.4, -0.2) is 11.3 Å². The summed E-state index contributed by atoms with van der Waals surface area (Å²) in [5, 5.41) is 19.6. The van der Waals surface area contributed by atoms with Crippen molar-refractivity contribution in [2.45, 2.75) is 0 Å². The summed E-state index contributed by atoms with van der Waals surface area (Å²) in [4.78, 5) is 4.32. The Morgan fingerprint density at radius 3 is 1.84 bits per heavy atom. The molecule has 0 aliphatic carbocycles. The van der Waals surface area contributed by atoms with Crippen LogP contribution in [0.1, 0.15) is 5.56 Å². The number of phenolic OH excluding ortho intramolecular Hbond substituents is 1. The van der Waals surface area contributed by atoms with Crippen LogP contribution in [0.4, 0.5) is 17.1 Å². The predicted molar refractivity (Wildman–Crippen MR) is 102 cm³/mol. The standard InChI is InChI=1S/C19H13Cl2N3O/c20-14-1-5-16(6-2-14)22-12-13-11-18(9-10-19(13)25)24-23-17-7-3-15(21)4-8-17/h1-12,25H.